The first-order valence-electron chi connectivity index (χ1n) is 40.6. The van der Waals surface area contributed by atoms with Gasteiger partial charge in [0, 0.05) is 71.9 Å². The zero-order valence-electron chi connectivity index (χ0n) is 65.2. The van der Waals surface area contributed by atoms with Crippen LogP contribution in [0.25, 0.3) is 166 Å². The topological polar surface area (TPSA) is 76.7 Å². The van der Waals surface area contributed by atoms with E-state index in [0.29, 0.717) is 0 Å². The Labute approximate surface area is 686 Å². The first-order chi connectivity index (χ1) is 58.8. The normalized spacial score (nSPS) is 12.4. The molecule has 23 aromatic rings. The summed E-state index contributed by atoms with van der Waals surface area (Å²) in [6.07, 6.45) is 0. The quantitative estimate of drug-likeness (QED) is 0.121. The highest BCUT2D eigenvalue weighted by molar-refractivity contribution is 6.13. The van der Waals surface area contributed by atoms with Crippen molar-refractivity contribution in [3.05, 3.63) is 424 Å². The van der Waals surface area contributed by atoms with E-state index in [4.69, 9.17) is 19.9 Å². The lowest BCUT2D eigenvalue weighted by Crippen LogP contribution is -2.16. The van der Waals surface area contributed by atoms with Crippen LogP contribution in [0, 0.1) is 0 Å². The van der Waals surface area contributed by atoms with Gasteiger partial charge in [-0.05, 0) is 218 Å². The molecule has 0 radical (unpaired) electrons. The van der Waals surface area contributed by atoms with Crippen molar-refractivity contribution in [3.8, 4) is 67.5 Å². The summed E-state index contributed by atoms with van der Waals surface area (Å²) in [5.41, 5.74) is 33.2. The number of para-hydroxylation sites is 8. The fraction of sp³-hybridized carbons (Fsp3) is 0.0275. The Balaban J connectivity index is 0.000000139. The maximum Gasteiger partial charge on any atom is 0.221 e. The maximum atomic E-state index is 5.39. The third-order valence-electron chi connectivity index (χ3n) is 24.2. The van der Waals surface area contributed by atoms with E-state index in [2.05, 4.69) is 436 Å². The third kappa shape index (κ3) is 11.4. The monoisotopic (exact) mass is 1520 g/mol. The van der Waals surface area contributed by atoms with Crippen molar-refractivity contribution in [1.29, 1.82) is 0 Å². The SMILES string of the molecule is CC1(C)c2ccccc2-c2ccc(N(c3ccc(-c4ccccc4)cc3)c3ccc4c(c3)c3ccccc3n4-c3nc4ccccc4c4nc5ccccc5n34)cc21.c1ccc(-c2ccc(N(c3ccc(-c4ccccc4)cc3)c3ccc(-c4ccc5c(c4)c4ccccc4n5-c4nc5ccccc5c5nc6ccccc6n45)cc3)cc2)cc1. The molecule has 0 saturated heterocycles. The molecule has 10 nitrogen and oxygen atoms in total. The number of nitrogens with zero attached hydrogens (tertiary/aromatic N) is 10. The van der Waals surface area contributed by atoms with Crippen LogP contribution in [-0.4, -0.2) is 37.9 Å². The molecule has 0 bridgehead atoms. The van der Waals surface area contributed by atoms with Crippen LogP contribution in [-0.2, 0) is 5.41 Å². The molecule has 0 atom stereocenters. The van der Waals surface area contributed by atoms with E-state index in [1.165, 1.54) is 66.4 Å². The van der Waals surface area contributed by atoms with Crippen molar-refractivity contribution in [2.24, 2.45) is 0 Å². The van der Waals surface area contributed by atoms with Crippen molar-refractivity contribution >= 4 is 133 Å². The third-order valence-corrected chi connectivity index (χ3v) is 24.2. The van der Waals surface area contributed by atoms with Gasteiger partial charge < -0.3 is 9.80 Å². The predicted octanol–water partition coefficient (Wildman–Crippen LogP) is 28.2. The Hall–Kier alpha value is -15.8. The molecule has 24 rings (SSSR count). The number of aromatic nitrogens is 8. The molecule has 17 aromatic carbocycles. The zero-order valence-corrected chi connectivity index (χ0v) is 65.2. The lowest BCUT2D eigenvalue weighted by atomic mass is 9.82. The summed E-state index contributed by atoms with van der Waals surface area (Å²) in [7, 11) is 0. The highest BCUT2D eigenvalue weighted by Gasteiger charge is 2.36. The van der Waals surface area contributed by atoms with E-state index < -0.39 is 0 Å². The van der Waals surface area contributed by atoms with Gasteiger partial charge in [-0.2, -0.15) is 0 Å². The lowest BCUT2D eigenvalue weighted by Gasteiger charge is -2.28. The van der Waals surface area contributed by atoms with Gasteiger partial charge in [0.15, 0.2) is 0 Å². The van der Waals surface area contributed by atoms with Gasteiger partial charge >= 0.3 is 0 Å². The van der Waals surface area contributed by atoms with Gasteiger partial charge in [0.25, 0.3) is 0 Å². The Morgan fingerprint density at radius 2 is 0.521 bits per heavy atom. The van der Waals surface area contributed by atoms with Gasteiger partial charge in [0.05, 0.1) is 55.2 Å². The molecule has 6 aromatic heterocycles. The molecule has 119 heavy (non-hydrogen) atoms. The number of hydrogen-bond donors (Lipinski definition) is 0. The van der Waals surface area contributed by atoms with E-state index in [1.807, 2.05) is 18.2 Å². The second-order valence-corrected chi connectivity index (χ2v) is 31.4. The van der Waals surface area contributed by atoms with E-state index in [0.717, 1.165) is 145 Å². The number of benzene rings is 17. The van der Waals surface area contributed by atoms with Crippen molar-refractivity contribution in [3.63, 3.8) is 0 Å². The zero-order chi connectivity index (χ0) is 78.8. The van der Waals surface area contributed by atoms with Crippen molar-refractivity contribution in [1.82, 2.24) is 37.9 Å². The molecular formula is C109H74N10. The van der Waals surface area contributed by atoms with Crippen LogP contribution in [0.2, 0.25) is 0 Å². The van der Waals surface area contributed by atoms with E-state index in [1.54, 1.807) is 0 Å². The molecule has 0 amide bonds. The van der Waals surface area contributed by atoms with Crippen LogP contribution < -0.4 is 9.80 Å². The molecular weight excluding hydrogens is 1450 g/mol. The van der Waals surface area contributed by atoms with Crippen molar-refractivity contribution in [2.75, 3.05) is 9.80 Å². The fourth-order valence-corrected chi connectivity index (χ4v) is 18.5. The molecule has 0 spiro atoms. The van der Waals surface area contributed by atoms with Crippen LogP contribution in [0.4, 0.5) is 34.1 Å². The Morgan fingerprint density at radius 1 is 0.210 bits per heavy atom. The molecule has 10 heteroatoms. The number of hydrogen-bond acceptors (Lipinski definition) is 6. The summed E-state index contributed by atoms with van der Waals surface area (Å²) in [4.78, 5) is 25.8. The van der Waals surface area contributed by atoms with Gasteiger partial charge in [-0.1, -0.05) is 275 Å². The Kier molecular flexibility index (Phi) is 16.0. The second-order valence-electron chi connectivity index (χ2n) is 31.4. The first-order valence-corrected chi connectivity index (χ1v) is 40.6. The molecule has 0 saturated carbocycles. The second kappa shape index (κ2) is 27.8. The maximum absolute atomic E-state index is 5.39. The summed E-state index contributed by atoms with van der Waals surface area (Å²) in [6, 6.07) is 148. The number of anilines is 6. The molecule has 0 unspecified atom stereocenters. The minimum Gasteiger partial charge on any atom is -0.311 e. The first kappa shape index (κ1) is 68.8. The summed E-state index contributed by atoms with van der Waals surface area (Å²) < 4.78 is 9.06. The minimum atomic E-state index is -0.127. The van der Waals surface area contributed by atoms with Crippen LogP contribution in [0.1, 0.15) is 25.0 Å². The van der Waals surface area contributed by atoms with Crippen LogP contribution in [0.3, 0.4) is 0 Å². The van der Waals surface area contributed by atoms with Gasteiger partial charge in [-0.3, -0.25) is 17.9 Å². The average molecular weight is 1520 g/mol. The van der Waals surface area contributed by atoms with Crippen molar-refractivity contribution < 1.29 is 0 Å². The van der Waals surface area contributed by atoms with Gasteiger partial charge in [-0.15, -0.1) is 0 Å². The number of rotatable bonds is 12. The molecule has 560 valence electrons. The fourth-order valence-electron chi connectivity index (χ4n) is 18.5. The van der Waals surface area contributed by atoms with Crippen LogP contribution in [0.5, 0.6) is 0 Å². The summed E-state index contributed by atoms with van der Waals surface area (Å²) in [5.74, 6) is 1.63. The summed E-state index contributed by atoms with van der Waals surface area (Å²) in [5, 5.41) is 6.72. The highest BCUT2D eigenvalue weighted by atomic mass is 15.2. The van der Waals surface area contributed by atoms with E-state index >= 15 is 0 Å². The van der Waals surface area contributed by atoms with E-state index in [9.17, 15) is 0 Å². The smallest absolute Gasteiger partial charge is 0.221 e. The summed E-state index contributed by atoms with van der Waals surface area (Å²) in [6.45, 7) is 4.70. The minimum absolute atomic E-state index is 0.127. The lowest BCUT2D eigenvalue weighted by molar-refractivity contribution is 0.660. The molecule has 6 heterocycles. The Morgan fingerprint density at radius 3 is 0.992 bits per heavy atom. The molecule has 1 aliphatic rings. The van der Waals surface area contributed by atoms with Gasteiger partial charge in [0.1, 0.15) is 11.3 Å². The molecule has 1 aliphatic carbocycles. The van der Waals surface area contributed by atoms with Crippen LogP contribution in [0.15, 0.2) is 413 Å². The molecule has 0 N–H and O–H groups in total. The number of imidazole rings is 2. The summed E-state index contributed by atoms with van der Waals surface area (Å²) >= 11 is 0. The van der Waals surface area contributed by atoms with Gasteiger partial charge in [0.2, 0.25) is 11.9 Å². The van der Waals surface area contributed by atoms with Crippen LogP contribution >= 0.6 is 0 Å². The van der Waals surface area contributed by atoms with Gasteiger partial charge in [-0.25, -0.2) is 19.9 Å². The molecule has 0 aliphatic heterocycles. The van der Waals surface area contributed by atoms with E-state index in [-0.39, 0.29) is 5.41 Å². The average Bonchev–Trinajstić information content (AvgIpc) is 1.58. The largest absolute Gasteiger partial charge is 0.311 e. The number of fused-ring (bicyclic) bond motifs is 19. The molecule has 0 fully saturated rings. The highest BCUT2D eigenvalue weighted by Crippen LogP contribution is 2.52. The standard InChI is InChI=1S/C56H37N5.C53H37N5/c1-3-13-38(14-4-1)40-23-30-44(31-24-40)59(45-32-25-41(26-33-45)39-15-5-2-6-16-39)46-34-27-42(28-35-46)43-29-36-53-49(37-43)47-17-8-11-21-52(47)60(53)56-58-50-19-9-7-18-48(50)55-57-51-20-10-12-22-54(51)61(55)56;1-53(2)44-19-9-6-16-39(44)40-30-28-38(33-45(40)53)56(36-26-24-35(25-27-36)34-14-4-3-5-15-34)37-29-31-49-43(32-37)41-17-8-12-22-48(41)57(49)52-55-46-20-10-7-18-42(46)51-54-47-21-11-13-23-50(47)58(51)52/h1-37H;3-33H,1-2H3. The Bertz CT molecular complexity index is 7840. The van der Waals surface area contributed by atoms with Crippen molar-refractivity contribution in [2.45, 2.75) is 19.3 Å². The predicted molar refractivity (Wildman–Crippen MR) is 493 cm³/mol.